The third kappa shape index (κ3) is 11.3. The number of carbonyl (C=O) groups excluding carboxylic acids is 4. The molecule has 22 nitrogen and oxygen atoms in total. The number of rotatable bonds is 15. The van der Waals surface area contributed by atoms with E-state index in [9.17, 15) is 63.1 Å². The van der Waals surface area contributed by atoms with Gasteiger partial charge in [0.15, 0.2) is 5.43 Å². The number of amides is 4. The van der Waals surface area contributed by atoms with Crippen LogP contribution in [0, 0.1) is 18.8 Å². The van der Waals surface area contributed by atoms with Crippen LogP contribution in [0.25, 0.3) is 33.4 Å². The Morgan fingerprint density at radius 1 is 0.971 bits per heavy atom. The highest BCUT2D eigenvalue weighted by Gasteiger charge is 2.41. The maximum absolute atomic E-state index is 13.4. The van der Waals surface area contributed by atoms with Gasteiger partial charge in [0, 0.05) is 77.0 Å². The summed E-state index contributed by atoms with van der Waals surface area (Å²) in [5.41, 5.74) is 4.22. The number of imide groups is 1. The lowest BCUT2D eigenvalue weighted by Crippen LogP contribution is -2.45. The van der Waals surface area contributed by atoms with Crippen LogP contribution in [-0.4, -0.2) is 102 Å². The van der Waals surface area contributed by atoms with Crippen LogP contribution in [0.2, 0.25) is 0 Å². The fraction of sp³-hybridized carbons (Fsp3) is 0.391. The predicted octanol–water partition coefficient (Wildman–Crippen LogP) is 3.04. The topological polar surface area (TPSA) is 326 Å². The number of aliphatic hydroxyl groups is 1. The van der Waals surface area contributed by atoms with Crippen molar-refractivity contribution in [1.29, 1.82) is 0 Å². The fourth-order valence-electron chi connectivity index (χ4n) is 8.74. The molecule has 372 valence electrons. The van der Waals surface area contributed by atoms with Gasteiger partial charge in [0.2, 0.25) is 17.7 Å². The molecule has 3 aromatic rings. The second kappa shape index (κ2) is 21.3. The number of aromatic hydroxyl groups is 1. The average Bonchev–Trinajstić information content (AvgIpc) is 3.81. The second-order valence-corrected chi connectivity index (χ2v) is 19.7. The molecule has 1 aromatic heterocycles. The van der Waals surface area contributed by atoms with E-state index in [2.05, 4.69) is 15.8 Å². The van der Waals surface area contributed by atoms with Crippen molar-refractivity contribution in [3.8, 4) is 28.2 Å². The predicted molar refractivity (Wildman–Crippen MR) is 249 cm³/mol. The number of phenolic OH excluding ortho intramolecular Hbond substituents is 1. The fourth-order valence-corrected chi connectivity index (χ4v) is 10.6. The monoisotopic (exact) mass is 1010 g/mol. The Morgan fingerprint density at radius 3 is 2.47 bits per heavy atom. The molecule has 0 radical (unpaired) electrons. The van der Waals surface area contributed by atoms with Crippen molar-refractivity contribution in [3.05, 3.63) is 109 Å². The molecule has 24 heteroatoms. The van der Waals surface area contributed by atoms with Crippen LogP contribution in [0.1, 0.15) is 78.5 Å². The Balaban J connectivity index is 0.00000722. The lowest BCUT2D eigenvalue weighted by Gasteiger charge is -2.30. The molecule has 2 aromatic carbocycles. The number of carboxylic acids is 1. The third-order valence-electron chi connectivity index (χ3n) is 12.3. The number of fused-ring (bicyclic) bond motifs is 2. The van der Waals surface area contributed by atoms with E-state index in [1.54, 1.807) is 0 Å². The molecule has 2 unspecified atom stereocenters. The van der Waals surface area contributed by atoms with Crippen molar-refractivity contribution in [2.75, 3.05) is 25.5 Å². The minimum atomic E-state index is -4.90. The van der Waals surface area contributed by atoms with E-state index >= 15 is 0 Å². The van der Waals surface area contributed by atoms with Crippen molar-refractivity contribution in [2.45, 2.75) is 76.6 Å². The average molecular weight is 1010 g/mol. The first kappa shape index (κ1) is 51.4. The summed E-state index contributed by atoms with van der Waals surface area (Å²) < 4.78 is 34.9. The van der Waals surface area contributed by atoms with Crippen LogP contribution in [0.3, 0.4) is 0 Å². The first-order valence-corrected chi connectivity index (χ1v) is 24.3. The van der Waals surface area contributed by atoms with Gasteiger partial charge in [-0.15, -0.1) is 11.8 Å². The number of hydrogen-bond donors (Lipinski definition) is 6. The number of phosphoric ester groups is 1. The van der Waals surface area contributed by atoms with Gasteiger partial charge >= 0.3 is 11.7 Å². The molecule has 2 saturated heterocycles. The van der Waals surface area contributed by atoms with Crippen molar-refractivity contribution in [3.63, 3.8) is 0 Å². The SMILES string of the molecule is C.Cc1cn([C@H]2C[C@@H](O)[C@@H](COP(=O)([O-])OCCSC3CC(=O)N(CC4CCC(C(=O)NNC(=O)c5ccc(C(=O)O)c(-c6c7ccc(=O)cc-7oc7cc(O)ccc67)c5)CC4)C3=O)O2)c(=O)[nH]c1=O. The van der Waals surface area contributed by atoms with E-state index in [1.807, 2.05) is 0 Å². The summed E-state index contributed by atoms with van der Waals surface area (Å²) in [5, 5.41) is 30.3. The first-order chi connectivity index (χ1) is 32.8. The number of ether oxygens (including phenoxy) is 1. The number of aliphatic hydroxyl groups excluding tert-OH is 1. The van der Waals surface area contributed by atoms with Crippen LogP contribution in [-0.2, 0) is 32.7 Å². The van der Waals surface area contributed by atoms with E-state index < -0.39 is 79.0 Å². The van der Waals surface area contributed by atoms with E-state index in [4.69, 9.17) is 18.2 Å². The number of aromatic nitrogens is 2. The molecule has 3 aliphatic heterocycles. The normalized spacial score (nSPS) is 22.2. The lowest BCUT2D eigenvalue weighted by atomic mass is 9.81. The van der Waals surface area contributed by atoms with Crippen LogP contribution in [0.5, 0.6) is 5.75 Å². The maximum Gasteiger partial charge on any atom is 0.336 e. The first-order valence-electron chi connectivity index (χ1n) is 21.7. The Bertz CT molecular complexity index is 3060. The van der Waals surface area contributed by atoms with Crippen LogP contribution >= 0.6 is 19.6 Å². The largest absolute Gasteiger partial charge is 0.756 e. The number of likely N-dealkylation sites (tertiary alicyclic amines) is 1. The zero-order valence-corrected chi connectivity index (χ0v) is 38.3. The minimum Gasteiger partial charge on any atom is -0.756 e. The summed E-state index contributed by atoms with van der Waals surface area (Å²) >= 11 is 1.05. The number of nitrogens with zero attached hydrogens (tertiary/aromatic N) is 2. The molecular formula is C46H49N5O17PS-. The zero-order valence-electron chi connectivity index (χ0n) is 36.6. The highest BCUT2D eigenvalue weighted by molar-refractivity contribution is 8.00. The lowest BCUT2D eigenvalue weighted by molar-refractivity contribution is -0.228. The van der Waals surface area contributed by atoms with Crippen molar-refractivity contribution in [2.24, 2.45) is 11.8 Å². The number of carbonyl (C=O) groups is 5. The van der Waals surface area contributed by atoms with E-state index in [-0.39, 0.29) is 95.8 Å². The number of nitrogens with one attached hydrogen (secondary N) is 3. The number of carboxylic acid groups (broad SMARTS) is 1. The van der Waals surface area contributed by atoms with Crippen molar-refractivity contribution in [1.82, 2.24) is 25.3 Å². The van der Waals surface area contributed by atoms with Gasteiger partial charge < -0.3 is 38.4 Å². The standard InChI is InChI=1S/C45H46N5O17PS.CH4/c1-22-19-50(45(61)46-40(22)55)38-17-32(53)35(67-38)21-65-68(62,63)64-12-13-69-36-18-37(54)49(43(36)58)20-23-2-4-24(5-3-23)41(56)47-48-42(57)25-6-9-28(44(59)60)31(14-25)39-29-10-7-26(51)15-33(29)66-34-16-27(52)8-11-30(34)39;/h6-11,14-16,19,23-24,32,35-36,38,51,53H,2-5,12-13,17-18,20-21H2,1H3,(H,47,56)(H,48,57)(H,59,60)(H,62,63)(H,46,55,61);1H4/p-1/t23?,24?,32-,35-,36?,38-;/m1./s1. The molecule has 0 bridgehead atoms. The summed E-state index contributed by atoms with van der Waals surface area (Å²) in [6, 6.07) is 12.1. The highest BCUT2D eigenvalue weighted by atomic mass is 32.2. The van der Waals surface area contributed by atoms with Gasteiger partial charge in [0.1, 0.15) is 29.4 Å². The van der Waals surface area contributed by atoms with Crippen molar-refractivity contribution < 1.29 is 67.0 Å². The molecule has 5 aliphatic rings. The summed E-state index contributed by atoms with van der Waals surface area (Å²) in [4.78, 5) is 117. The zero-order chi connectivity index (χ0) is 49.3. The summed E-state index contributed by atoms with van der Waals surface area (Å²) in [6.45, 7) is 0.625. The Morgan fingerprint density at radius 2 is 1.73 bits per heavy atom. The molecule has 8 rings (SSSR count). The summed E-state index contributed by atoms with van der Waals surface area (Å²) in [6.07, 6.45) is -0.402. The number of phosphoric acid groups is 1. The van der Waals surface area contributed by atoms with Crippen LogP contribution in [0.4, 0.5) is 0 Å². The van der Waals surface area contributed by atoms with E-state index in [1.165, 1.54) is 72.6 Å². The number of hydrogen-bond acceptors (Lipinski definition) is 17. The van der Waals surface area contributed by atoms with E-state index in [0.717, 1.165) is 16.3 Å². The number of hydrazine groups is 1. The number of aryl methyl sites for hydroxylation is 1. The van der Waals surface area contributed by atoms with Gasteiger partial charge in [-0.2, -0.15) is 0 Å². The third-order valence-corrected chi connectivity index (χ3v) is 14.5. The van der Waals surface area contributed by atoms with Gasteiger partial charge in [-0.05, 0) is 86.6 Å². The highest BCUT2D eigenvalue weighted by Crippen LogP contribution is 2.43. The Labute approximate surface area is 401 Å². The molecule has 5 atom stereocenters. The molecule has 70 heavy (non-hydrogen) atoms. The van der Waals surface area contributed by atoms with Gasteiger partial charge in [-0.25, -0.2) is 9.59 Å². The van der Waals surface area contributed by atoms with Crippen LogP contribution in [0.15, 0.2) is 79.6 Å². The molecular weight excluding hydrogens is 958 g/mol. The summed E-state index contributed by atoms with van der Waals surface area (Å²) in [7, 11) is -4.90. The quantitative estimate of drug-likeness (QED) is 0.0289. The molecule has 3 fully saturated rings. The molecule has 6 N–H and O–H groups in total. The Hall–Kier alpha value is -6.46. The number of phenols is 1. The minimum absolute atomic E-state index is 0. The maximum atomic E-state index is 13.4. The van der Waals surface area contributed by atoms with Gasteiger partial charge in [0.05, 0.1) is 30.1 Å². The van der Waals surface area contributed by atoms with Crippen molar-refractivity contribution >= 4 is 60.2 Å². The number of aromatic carboxylic acids is 1. The summed E-state index contributed by atoms with van der Waals surface area (Å²) in [5.74, 6) is -3.89. The van der Waals surface area contributed by atoms with Gasteiger partial charge in [-0.3, -0.25) is 58.6 Å². The number of benzene rings is 3. The molecule has 4 heterocycles. The molecule has 4 amide bonds. The molecule has 1 saturated carbocycles. The second-order valence-electron chi connectivity index (χ2n) is 16.9. The van der Waals surface area contributed by atoms with Crippen LogP contribution < -0.4 is 32.4 Å². The van der Waals surface area contributed by atoms with Gasteiger partial charge in [-0.1, -0.05) is 7.43 Å². The number of aromatic amines is 1. The van der Waals surface area contributed by atoms with E-state index in [0.29, 0.717) is 42.2 Å². The number of thioether (sulfide) groups is 1. The van der Waals surface area contributed by atoms with Gasteiger partial charge in [0.25, 0.3) is 19.3 Å². The molecule has 0 spiro atoms. The smallest absolute Gasteiger partial charge is 0.336 e. The molecule has 2 aliphatic carbocycles. The number of H-pyrrole nitrogens is 1. The Kier molecular flexibility index (Phi) is 15.6.